The molecule has 0 aromatic rings. The fraction of sp³-hybridized carbons (Fsp3) is 0.900. The average Bonchev–Trinajstić information content (AvgIpc) is 2.48. The number of rotatable bonds is 1. The van der Waals surface area contributed by atoms with Crippen LogP contribution < -0.4 is 0 Å². The number of hydrogen-bond acceptors (Lipinski definition) is 2. The molecule has 1 aliphatic rings. The van der Waals surface area contributed by atoms with Gasteiger partial charge in [-0.25, -0.2) is 4.79 Å². The minimum atomic E-state index is -0.407. The summed E-state index contributed by atoms with van der Waals surface area (Å²) in [5, 5.41) is 0. The van der Waals surface area contributed by atoms with E-state index in [1.807, 2.05) is 20.8 Å². The number of alkyl halides is 1. The van der Waals surface area contributed by atoms with Crippen molar-refractivity contribution in [1.29, 1.82) is 0 Å². The summed E-state index contributed by atoms with van der Waals surface area (Å²) >= 11 is 5.73. The van der Waals surface area contributed by atoms with Gasteiger partial charge in [0.2, 0.25) is 0 Å². The molecule has 0 aromatic carbocycles. The molecule has 1 rings (SSSR count). The molecule has 1 atom stereocenters. The van der Waals surface area contributed by atoms with Crippen molar-refractivity contribution in [3.8, 4) is 0 Å². The van der Waals surface area contributed by atoms with E-state index in [1.54, 1.807) is 4.90 Å². The normalized spacial score (nSPS) is 22.6. The van der Waals surface area contributed by atoms with E-state index in [2.05, 4.69) is 0 Å². The zero-order chi connectivity index (χ0) is 10.8. The second-order valence-corrected chi connectivity index (χ2v) is 5.04. The van der Waals surface area contributed by atoms with Crippen molar-refractivity contribution in [1.82, 2.24) is 4.90 Å². The SMILES string of the molecule is CC(C)(C)OC(=O)N1CC[C@@H](CCl)C1. The Balaban J connectivity index is 2.40. The molecule has 0 spiro atoms. The Labute approximate surface area is 90.4 Å². The lowest BCUT2D eigenvalue weighted by Gasteiger charge is -2.24. The number of halogens is 1. The Morgan fingerprint density at radius 1 is 1.57 bits per heavy atom. The first kappa shape index (κ1) is 11.6. The van der Waals surface area contributed by atoms with Crippen LogP contribution in [0.1, 0.15) is 27.2 Å². The van der Waals surface area contributed by atoms with Gasteiger partial charge in [0.15, 0.2) is 0 Å². The number of likely N-dealkylation sites (tertiary alicyclic amines) is 1. The van der Waals surface area contributed by atoms with E-state index in [4.69, 9.17) is 16.3 Å². The third-order valence-corrected chi connectivity index (χ3v) is 2.59. The second-order valence-electron chi connectivity index (χ2n) is 4.74. The van der Waals surface area contributed by atoms with Crippen LogP contribution in [0.2, 0.25) is 0 Å². The van der Waals surface area contributed by atoms with E-state index in [-0.39, 0.29) is 6.09 Å². The highest BCUT2D eigenvalue weighted by Crippen LogP contribution is 2.20. The third kappa shape index (κ3) is 3.37. The van der Waals surface area contributed by atoms with Crippen LogP contribution in [0.4, 0.5) is 4.79 Å². The summed E-state index contributed by atoms with van der Waals surface area (Å²) in [5.74, 6) is 1.06. The Morgan fingerprint density at radius 3 is 2.64 bits per heavy atom. The van der Waals surface area contributed by atoms with Gasteiger partial charge < -0.3 is 9.64 Å². The molecule has 0 aromatic heterocycles. The minimum Gasteiger partial charge on any atom is -0.444 e. The molecule has 1 amide bonds. The molecule has 1 fully saturated rings. The maximum Gasteiger partial charge on any atom is 0.410 e. The Bertz CT molecular complexity index is 213. The predicted molar refractivity (Wildman–Crippen MR) is 56.6 cm³/mol. The van der Waals surface area contributed by atoms with Gasteiger partial charge in [-0.05, 0) is 33.1 Å². The van der Waals surface area contributed by atoms with E-state index in [1.165, 1.54) is 0 Å². The van der Waals surface area contributed by atoms with Crippen LogP contribution in [-0.2, 0) is 4.74 Å². The van der Waals surface area contributed by atoms with Crippen molar-refractivity contribution in [2.24, 2.45) is 5.92 Å². The molecular weight excluding hydrogens is 202 g/mol. The van der Waals surface area contributed by atoms with E-state index < -0.39 is 5.60 Å². The minimum absolute atomic E-state index is 0.217. The fourth-order valence-corrected chi connectivity index (χ4v) is 1.70. The summed E-state index contributed by atoms with van der Waals surface area (Å²) in [7, 11) is 0. The first-order valence-corrected chi connectivity index (χ1v) is 5.49. The molecule has 0 saturated carbocycles. The molecule has 0 N–H and O–H groups in total. The highest BCUT2D eigenvalue weighted by Gasteiger charge is 2.28. The lowest BCUT2D eigenvalue weighted by Crippen LogP contribution is -2.35. The molecule has 0 radical (unpaired) electrons. The molecule has 82 valence electrons. The lowest BCUT2D eigenvalue weighted by molar-refractivity contribution is 0.0289. The van der Waals surface area contributed by atoms with E-state index in [0.29, 0.717) is 11.8 Å². The molecular formula is C10H18ClNO2. The van der Waals surface area contributed by atoms with Crippen LogP contribution in [-0.4, -0.2) is 35.6 Å². The summed E-state index contributed by atoms with van der Waals surface area (Å²) in [5.41, 5.74) is -0.407. The number of carbonyl (C=O) groups excluding carboxylic acids is 1. The van der Waals surface area contributed by atoms with Crippen LogP contribution in [0.5, 0.6) is 0 Å². The van der Waals surface area contributed by atoms with Crippen molar-refractivity contribution in [3.63, 3.8) is 0 Å². The number of carbonyl (C=O) groups is 1. The van der Waals surface area contributed by atoms with Crippen molar-refractivity contribution >= 4 is 17.7 Å². The van der Waals surface area contributed by atoms with E-state index >= 15 is 0 Å². The smallest absolute Gasteiger partial charge is 0.410 e. The number of ether oxygens (including phenoxy) is 1. The maximum absolute atomic E-state index is 11.6. The van der Waals surface area contributed by atoms with Gasteiger partial charge in [0.05, 0.1) is 0 Å². The number of hydrogen-bond donors (Lipinski definition) is 0. The van der Waals surface area contributed by atoms with Gasteiger partial charge in [-0.1, -0.05) is 0 Å². The topological polar surface area (TPSA) is 29.5 Å². The Kier molecular flexibility index (Phi) is 3.65. The third-order valence-electron chi connectivity index (χ3n) is 2.16. The van der Waals surface area contributed by atoms with Gasteiger partial charge in [-0.2, -0.15) is 0 Å². The molecule has 0 aliphatic carbocycles. The molecule has 4 heteroatoms. The van der Waals surface area contributed by atoms with Crippen molar-refractivity contribution < 1.29 is 9.53 Å². The summed E-state index contributed by atoms with van der Waals surface area (Å²) in [6, 6.07) is 0. The van der Waals surface area contributed by atoms with Crippen LogP contribution in [0.15, 0.2) is 0 Å². The zero-order valence-corrected chi connectivity index (χ0v) is 9.80. The van der Waals surface area contributed by atoms with Crippen LogP contribution >= 0.6 is 11.6 Å². The van der Waals surface area contributed by atoms with Gasteiger partial charge in [0, 0.05) is 19.0 Å². The molecule has 0 unspecified atom stereocenters. The summed E-state index contributed by atoms with van der Waals surface area (Å²) in [6.07, 6.45) is 0.771. The van der Waals surface area contributed by atoms with Crippen molar-refractivity contribution in [3.05, 3.63) is 0 Å². The van der Waals surface area contributed by atoms with Crippen molar-refractivity contribution in [2.75, 3.05) is 19.0 Å². The Morgan fingerprint density at radius 2 is 2.21 bits per heavy atom. The van der Waals surface area contributed by atoms with Gasteiger partial charge in [0.25, 0.3) is 0 Å². The van der Waals surface area contributed by atoms with Crippen LogP contribution in [0.25, 0.3) is 0 Å². The van der Waals surface area contributed by atoms with Gasteiger partial charge in [-0.15, -0.1) is 11.6 Å². The monoisotopic (exact) mass is 219 g/mol. The van der Waals surface area contributed by atoms with Crippen LogP contribution in [0.3, 0.4) is 0 Å². The van der Waals surface area contributed by atoms with Gasteiger partial charge in [-0.3, -0.25) is 0 Å². The van der Waals surface area contributed by atoms with Crippen LogP contribution in [0, 0.1) is 5.92 Å². The maximum atomic E-state index is 11.6. The highest BCUT2D eigenvalue weighted by molar-refractivity contribution is 6.18. The highest BCUT2D eigenvalue weighted by atomic mass is 35.5. The predicted octanol–water partition coefficient (Wildman–Crippen LogP) is 2.48. The fourth-order valence-electron chi connectivity index (χ4n) is 1.45. The number of amides is 1. The molecule has 3 nitrogen and oxygen atoms in total. The second kappa shape index (κ2) is 4.39. The van der Waals surface area contributed by atoms with E-state index in [9.17, 15) is 4.79 Å². The summed E-state index contributed by atoms with van der Waals surface area (Å²) in [4.78, 5) is 13.3. The molecule has 1 aliphatic heterocycles. The lowest BCUT2D eigenvalue weighted by atomic mass is 10.2. The molecule has 1 saturated heterocycles. The summed E-state index contributed by atoms with van der Waals surface area (Å²) < 4.78 is 5.26. The van der Waals surface area contributed by atoms with Crippen molar-refractivity contribution in [2.45, 2.75) is 32.8 Å². The average molecular weight is 220 g/mol. The molecule has 0 bridgehead atoms. The van der Waals surface area contributed by atoms with Gasteiger partial charge in [0.1, 0.15) is 5.60 Å². The zero-order valence-electron chi connectivity index (χ0n) is 9.05. The van der Waals surface area contributed by atoms with E-state index in [0.717, 1.165) is 19.5 Å². The Hall–Kier alpha value is -0.440. The summed E-state index contributed by atoms with van der Waals surface area (Å²) in [6.45, 7) is 7.13. The first-order chi connectivity index (χ1) is 6.42. The standard InChI is InChI=1S/C10H18ClNO2/c1-10(2,3)14-9(13)12-5-4-8(6-11)7-12/h8H,4-7H2,1-3H3/t8-/m0/s1. The van der Waals surface area contributed by atoms with Gasteiger partial charge >= 0.3 is 6.09 Å². The number of nitrogens with zero attached hydrogens (tertiary/aromatic N) is 1. The molecule has 14 heavy (non-hydrogen) atoms. The quantitative estimate of drug-likeness (QED) is 0.635. The largest absolute Gasteiger partial charge is 0.444 e. The molecule has 1 heterocycles. The first-order valence-electron chi connectivity index (χ1n) is 4.96.